The third-order valence-corrected chi connectivity index (χ3v) is 5.87. The fraction of sp³-hybridized carbons (Fsp3) is 0.222. The van der Waals surface area contributed by atoms with Crippen LogP contribution >= 0.6 is 23.1 Å². The number of aromatic amines is 2. The van der Waals surface area contributed by atoms with Crippen molar-refractivity contribution in [3.05, 3.63) is 57.3 Å². The highest BCUT2D eigenvalue weighted by molar-refractivity contribution is 7.99. The first-order valence-corrected chi connectivity index (χ1v) is 10.8. The summed E-state index contributed by atoms with van der Waals surface area (Å²) in [5.74, 6) is 0.662. The Morgan fingerprint density at radius 1 is 1.37 bits per heavy atom. The topological polar surface area (TPSA) is 139 Å². The first-order valence-electron chi connectivity index (χ1n) is 8.93. The molecule has 1 amide bonds. The lowest BCUT2D eigenvalue weighted by Crippen LogP contribution is -2.27. The van der Waals surface area contributed by atoms with Crippen LogP contribution in [0.3, 0.4) is 0 Å². The molecule has 0 spiro atoms. The molecule has 0 fully saturated rings. The zero-order valence-electron chi connectivity index (χ0n) is 15.8. The van der Waals surface area contributed by atoms with Crippen LogP contribution in [0.5, 0.6) is 5.88 Å². The largest absolute Gasteiger partial charge is 0.477 e. The molecular formula is C18H17N7O3S2. The number of pyridine rings is 1. The second kappa shape index (κ2) is 9.05. The summed E-state index contributed by atoms with van der Waals surface area (Å²) in [6, 6.07) is 3.53. The molecule has 10 nitrogen and oxygen atoms in total. The van der Waals surface area contributed by atoms with Gasteiger partial charge in [0.2, 0.25) is 16.9 Å². The molecule has 0 aromatic carbocycles. The molecule has 0 bridgehead atoms. The van der Waals surface area contributed by atoms with Crippen LogP contribution in [-0.2, 0) is 6.54 Å². The molecule has 0 atom stereocenters. The van der Waals surface area contributed by atoms with Crippen LogP contribution < -0.4 is 15.6 Å². The van der Waals surface area contributed by atoms with Crippen molar-refractivity contribution in [3.8, 4) is 5.88 Å². The summed E-state index contributed by atoms with van der Waals surface area (Å²) in [5, 5.41) is 12.4. The Morgan fingerprint density at radius 2 is 2.27 bits per heavy atom. The van der Waals surface area contributed by atoms with Crippen LogP contribution in [0.1, 0.15) is 21.7 Å². The lowest BCUT2D eigenvalue weighted by atomic mass is 10.2. The van der Waals surface area contributed by atoms with E-state index in [-0.39, 0.29) is 17.9 Å². The highest BCUT2D eigenvalue weighted by Crippen LogP contribution is 2.19. The van der Waals surface area contributed by atoms with Gasteiger partial charge < -0.3 is 15.0 Å². The van der Waals surface area contributed by atoms with E-state index >= 15 is 0 Å². The Labute approximate surface area is 178 Å². The van der Waals surface area contributed by atoms with Gasteiger partial charge in [0.25, 0.3) is 11.5 Å². The Hall–Kier alpha value is -3.25. The molecule has 0 aliphatic heterocycles. The maximum atomic E-state index is 12.4. The highest BCUT2D eigenvalue weighted by atomic mass is 32.2. The molecule has 4 rings (SSSR count). The summed E-state index contributed by atoms with van der Waals surface area (Å²) >= 11 is 2.80. The first kappa shape index (κ1) is 20.0. The lowest BCUT2D eigenvalue weighted by Gasteiger charge is -2.08. The number of hydrogen-bond donors (Lipinski definition) is 3. The number of nitrogens with zero attached hydrogens (tertiary/aromatic N) is 4. The zero-order chi connectivity index (χ0) is 20.9. The maximum absolute atomic E-state index is 12.4. The number of rotatable bonds is 8. The van der Waals surface area contributed by atoms with E-state index in [1.54, 1.807) is 18.3 Å². The summed E-state index contributed by atoms with van der Waals surface area (Å²) in [6.45, 7) is 2.52. The number of ether oxygens (including phenoxy) is 1. The third kappa shape index (κ3) is 4.66. The molecular weight excluding hydrogens is 426 g/mol. The van der Waals surface area contributed by atoms with Crippen LogP contribution in [-0.4, -0.2) is 48.4 Å². The Balaban J connectivity index is 1.33. The minimum atomic E-state index is -0.456. The number of nitrogens with one attached hydrogen (secondary N) is 3. The van der Waals surface area contributed by atoms with Crippen molar-refractivity contribution in [1.82, 2.24) is 35.5 Å². The molecule has 0 aliphatic carbocycles. The quantitative estimate of drug-likeness (QED) is 0.277. The van der Waals surface area contributed by atoms with Gasteiger partial charge in [-0.15, -0.1) is 16.4 Å². The Bertz CT molecular complexity index is 1220. The van der Waals surface area contributed by atoms with E-state index < -0.39 is 5.91 Å². The zero-order valence-corrected chi connectivity index (χ0v) is 17.5. The van der Waals surface area contributed by atoms with Crippen molar-refractivity contribution in [3.63, 3.8) is 0 Å². The van der Waals surface area contributed by atoms with Gasteiger partial charge in [0.15, 0.2) is 0 Å². The van der Waals surface area contributed by atoms with Crippen LogP contribution in [0.15, 0.2) is 40.0 Å². The number of hydrogen-bond acceptors (Lipinski definition) is 9. The van der Waals surface area contributed by atoms with Gasteiger partial charge in [-0.25, -0.2) is 15.0 Å². The highest BCUT2D eigenvalue weighted by Gasteiger charge is 2.14. The van der Waals surface area contributed by atoms with Crippen molar-refractivity contribution in [2.45, 2.75) is 18.6 Å². The van der Waals surface area contributed by atoms with Crippen LogP contribution in [0.2, 0.25) is 0 Å². The number of thioether (sulfide) groups is 1. The summed E-state index contributed by atoms with van der Waals surface area (Å²) in [5.41, 5.74) is 1.34. The van der Waals surface area contributed by atoms with Crippen molar-refractivity contribution in [1.29, 1.82) is 0 Å². The summed E-state index contributed by atoms with van der Waals surface area (Å²) < 4.78 is 5.63. The molecule has 12 heteroatoms. The number of thiophene rings is 1. The SMILES string of the molecule is Cc1csc2nc(C(=O)NCc3ccnc(OCCSc4nc[nH]n4)c3)[nH]c(=O)c12. The standard InChI is InChI=1S/C18H17N7O3S2/c1-10-8-30-17-13(10)15(26)23-14(24-17)16(27)20-7-11-2-3-19-12(6-11)28-4-5-29-18-21-9-22-25-18/h2-3,6,8-9H,4-5,7H2,1H3,(H,20,27)(H,21,22,25)(H,23,24,26). The van der Waals surface area contributed by atoms with Crippen molar-refractivity contribution in [2.75, 3.05) is 12.4 Å². The Morgan fingerprint density at radius 3 is 3.10 bits per heavy atom. The molecule has 4 heterocycles. The minimum absolute atomic E-state index is 0.0103. The van der Waals surface area contributed by atoms with Gasteiger partial charge >= 0.3 is 0 Å². The van der Waals surface area contributed by atoms with E-state index in [9.17, 15) is 9.59 Å². The van der Waals surface area contributed by atoms with E-state index in [2.05, 4.69) is 35.5 Å². The summed E-state index contributed by atoms with van der Waals surface area (Å²) in [6.07, 6.45) is 3.13. The van der Waals surface area contributed by atoms with E-state index in [0.717, 1.165) is 11.1 Å². The molecule has 4 aromatic rings. The second-order valence-electron chi connectivity index (χ2n) is 6.18. The minimum Gasteiger partial charge on any atom is -0.477 e. The van der Waals surface area contributed by atoms with E-state index in [1.807, 2.05) is 12.3 Å². The monoisotopic (exact) mass is 443 g/mol. The maximum Gasteiger partial charge on any atom is 0.287 e. The predicted octanol–water partition coefficient (Wildman–Crippen LogP) is 1.91. The average molecular weight is 444 g/mol. The van der Waals surface area contributed by atoms with Gasteiger partial charge in [0.05, 0.1) is 12.0 Å². The van der Waals surface area contributed by atoms with Gasteiger partial charge in [-0.3, -0.25) is 14.7 Å². The number of carbonyl (C=O) groups excluding carboxylic acids is 1. The molecule has 4 aromatic heterocycles. The molecule has 3 N–H and O–H groups in total. The van der Waals surface area contributed by atoms with Crippen molar-refractivity contribution in [2.24, 2.45) is 0 Å². The van der Waals surface area contributed by atoms with E-state index in [1.165, 1.54) is 29.4 Å². The fourth-order valence-corrected chi connectivity index (χ4v) is 4.16. The lowest BCUT2D eigenvalue weighted by molar-refractivity contribution is 0.0940. The molecule has 0 unspecified atom stereocenters. The molecule has 154 valence electrons. The number of carbonyl (C=O) groups is 1. The molecule has 0 radical (unpaired) electrons. The number of aryl methyl sites for hydroxylation is 1. The Kier molecular flexibility index (Phi) is 6.05. The number of aromatic nitrogens is 6. The third-order valence-electron chi connectivity index (χ3n) is 4.05. The van der Waals surface area contributed by atoms with Crippen molar-refractivity contribution < 1.29 is 9.53 Å². The van der Waals surface area contributed by atoms with Gasteiger partial charge in [-0.1, -0.05) is 11.8 Å². The second-order valence-corrected chi connectivity index (χ2v) is 8.10. The van der Waals surface area contributed by atoms with Gasteiger partial charge in [-0.05, 0) is 29.5 Å². The summed E-state index contributed by atoms with van der Waals surface area (Å²) in [7, 11) is 0. The average Bonchev–Trinajstić information content (AvgIpc) is 3.40. The van der Waals surface area contributed by atoms with Crippen LogP contribution in [0.25, 0.3) is 10.2 Å². The summed E-state index contributed by atoms with van der Waals surface area (Å²) in [4.78, 5) is 40.2. The van der Waals surface area contributed by atoms with Crippen LogP contribution in [0, 0.1) is 6.92 Å². The molecule has 0 saturated carbocycles. The number of H-pyrrole nitrogens is 2. The molecule has 30 heavy (non-hydrogen) atoms. The fourth-order valence-electron chi connectivity index (χ4n) is 2.65. The normalized spacial score (nSPS) is 11.0. The number of fused-ring (bicyclic) bond motifs is 1. The van der Waals surface area contributed by atoms with E-state index in [4.69, 9.17) is 4.74 Å². The van der Waals surface area contributed by atoms with Gasteiger partial charge in [0.1, 0.15) is 11.2 Å². The van der Waals surface area contributed by atoms with Crippen LogP contribution in [0.4, 0.5) is 0 Å². The first-order chi connectivity index (χ1) is 14.6. The van der Waals surface area contributed by atoms with E-state index in [0.29, 0.717) is 33.6 Å². The molecule has 0 aliphatic rings. The van der Waals surface area contributed by atoms with Gasteiger partial charge in [0, 0.05) is 24.6 Å². The molecule has 0 saturated heterocycles. The smallest absolute Gasteiger partial charge is 0.287 e. The van der Waals surface area contributed by atoms with Gasteiger partial charge in [-0.2, -0.15) is 0 Å². The number of amides is 1. The van der Waals surface area contributed by atoms with Crippen molar-refractivity contribution >= 4 is 39.2 Å². The predicted molar refractivity (Wildman–Crippen MR) is 113 cm³/mol.